The molecule has 1 unspecified atom stereocenters. The summed E-state index contributed by atoms with van der Waals surface area (Å²) in [6.45, 7) is 2.36. The van der Waals surface area contributed by atoms with E-state index in [0.29, 0.717) is 13.0 Å². The fraction of sp³-hybridized carbons (Fsp3) is 0.500. The molecular weight excluding hydrogens is 284 g/mol. The average Bonchev–Trinajstić information content (AvgIpc) is 2.52. The summed E-state index contributed by atoms with van der Waals surface area (Å²) in [6, 6.07) is 7.37. The smallest absolute Gasteiger partial charge is 0.317 e. The zero-order chi connectivity index (χ0) is 16.5. The number of nitrogens with one attached hydrogen (secondary N) is 1. The molecule has 0 saturated carbocycles. The summed E-state index contributed by atoms with van der Waals surface area (Å²) >= 11 is 0. The van der Waals surface area contributed by atoms with E-state index in [-0.39, 0.29) is 18.5 Å². The van der Waals surface area contributed by atoms with Crippen molar-refractivity contribution in [1.29, 1.82) is 0 Å². The summed E-state index contributed by atoms with van der Waals surface area (Å²) < 4.78 is 5.22. The van der Waals surface area contributed by atoms with Crippen LogP contribution >= 0.6 is 0 Å². The van der Waals surface area contributed by atoms with E-state index in [2.05, 4.69) is 5.32 Å². The first-order valence-corrected chi connectivity index (χ1v) is 7.36. The molecule has 0 bridgehead atoms. The van der Waals surface area contributed by atoms with E-state index in [1.54, 1.807) is 19.1 Å². The van der Waals surface area contributed by atoms with Crippen LogP contribution in [0.1, 0.15) is 37.8 Å². The average molecular weight is 308 g/mol. The number of urea groups is 1. The van der Waals surface area contributed by atoms with E-state index in [4.69, 9.17) is 9.84 Å². The number of benzene rings is 1. The lowest BCUT2D eigenvalue weighted by molar-refractivity contribution is -0.137. The largest absolute Gasteiger partial charge is 0.497 e. The van der Waals surface area contributed by atoms with Crippen LogP contribution in [0.2, 0.25) is 0 Å². The zero-order valence-electron chi connectivity index (χ0n) is 13.3. The second kappa shape index (κ2) is 8.92. The van der Waals surface area contributed by atoms with Crippen molar-refractivity contribution in [2.24, 2.45) is 0 Å². The highest BCUT2D eigenvalue weighted by molar-refractivity contribution is 5.74. The molecule has 6 nitrogen and oxygen atoms in total. The van der Waals surface area contributed by atoms with Crippen LogP contribution in [0.15, 0.2) is 24.3 Å². The van der Waals surface area contributed by atoms with Gasteiger partial charge in [0.1, 0.15) is 5.75 Å². The zero-order valence-corrected chi connectivity index (χ0v) is 13.3. The molecule has 1 rings (SSSR count). The summed E-state index contributed by atoms with van der Waals surface area (Å²) in [7, 11) is 3.35. The molecule has 0 heterocycles. The Hall–Kier alpha value is -2.24. The lowest BCUT2D eigenvalue weighted by Crippen LogP contribution is -2.40. The van der Waals surface area contributed by atoms with Gasteiger partial charge >= 0.3 is 12.0 Å². The van der Waals surface area contributed by atoms with Gasteiger partial charge in [0.2, 0.25) is 0 Å². The number of carboxylic acid groups (broad SMARTS) is 1. The monoisotopic (exact) mass is 308 g/mol. The summed E-state index contributed by atoms with van der Waals surface area (Å²) in [5, 5.41) is 11.3. The van der Waals surface area contributed by atoms with Crippen LogP contribution in [-0.4, -0.2) is 42.7 Å². The Morgan fingerprint density at radius 3 is 2.73 bits per heavy atom. The van der Waals surface area contributed by atoms with Crippen LogP contribution in [-0.2, 0) is 4.79 Å². The summed E-state index contributed by atoms with van der Waals surface area (Å²) in [5.74, 6) is -0.100. The number of hydrogen-bond acceptors (Lipinski definition) is 3. The minimum absolute atomic E-state index is 0.0527. The Morgan fingerprint density at radius 1 is 1.41 bits per heavy atom. The van der Waals surface area contributed by atoms with Crippen molar-refractivity contribution in [3.05, 3.63) is 29.8 Å². The van der Waals surface area contributed by atoms with Gasteiger partial charge in [0, 0.05) is 20.0 Å². The molecule has 22 heavy (non-hydrogen) atoms. The minimum Gasteiger partial charge on any atom is -0.497 e. The first kappa shape index (κ1) is 17.8. The third-order valence-corrected chi connectivity index (χ3v) is 3.50. The van der Waals surface area contributed by atoms with Gasteiger partial charge in [-0.2, -0.15) is 0 Å². The molecule has 122 valence electrons. The number of ether oxygens (including phenoxy) is 1. The van der Waals surface area contributed by atoms with Crippen LogP contribution in [0.5, 0.6) is 5.75 Å². The number of rotatable bonds is 8. The summed E-state index contributed by atoms with van der Waals surface area (Å²) in [4.78, 5) is 24.2. The van der Waals surface area contributed by atoms with Gasteiger partial charge < -0.3 is 20.1 Å². The predicted octanol–water partition coefficient (Wildman–Crippen LogP) is 2.65. The van der Waals surface area contributed by atoms with E-state index in [0.717, 1.165) is 17.7 Å². The van der Waals surface area contributed by atoms with Gasteiger partial charge in [-0.1, -0.05) is 19.1 Å². The molecule has 1 aromatic carbocycles. The number of amides is 2. The molecule has 0 aliphatic rings. The van der Waals surface area contributed by atoms with Crippen LogP contribution in [0, 0.1) is 0 Å². The van der Waals surface area contributed by atoms with Crippen molar-refractivity contribution in [2.45, 2.75) is 32.2 Å². The molecule has 0 aliphatic carbocycles. The number of nitrogens with zero attached hydrogens (tertiary/aromatic N) is 1. The number of carboxylic acids is 1. The molecule has 1 aromatic rings. The van der Waals surface area contributed by atoms with E-state index >= 15 is 0 Å². The van der Waals surface area contributed by atoms with E-state index < -0.39 is 5.97 Å². The molecule has 0 radical (unpaired) electrons. The van der Waals surface area contributed by atoms with Crippen molar-refractivity contribution in [1.82, 2.24) is 10.2 Å². The van der Waals surface area contributed by atoms with Crippen LogP contribution in [0.4, 0.5) is 4.79 Å². The number of carbonyl (C=O) groups excluding carboxylic acids is 1. The molecule has 0 fully saturated rings. The number of hydrogen-bond donors (Lipinski definition) is 2. The molecule has 2 amide bonds. The second-order valence-electron chi connectivity index (χ2n) is 5.04. The van der Waals surface area contributed by atoms with Crippen molar-refractivity contribution in [2.75, 3.05) is 20.7 Å². The topological polar surface area (TPSA) is 78.9 Å². The van der Waals surface area contributed by atoms with Gasteiger partial charge in [0.15, 0.2) is 0 Å². The molecular formula is C16H24N2O4. The van der Waals surface area contributed by atoms with Gasteiger partial charge in [-0.3, -0.25) is 4.79 Å². The van der Waals surface area contributed by atoms with Crippen molar-refractivity contribution in [3.8, 4) is 5.75 Å². The van der Waals surface area contributed by atoms with Gasteiger partial charge in [-0.05, 0) is 30.5 Å². The highest BCUT2D eigenvalue weighted by Crippen LogP contribution is 2.26. The van der Waals surface area contributed by atoms with Crippen molar-refractivity contribution >= 4 is 12.0 Å². The van der Waals surface area contributed by atoms with Gasteiger partial charge in [0.25, 0.3) is 0 Å². The maximum atomic E-state index is 12.2. The fourth-order valence-electron chi connectivity index (χ4n) is 2.28. The van der Waals surface area contributed by atoms with E-state index in [1.165, 1.54) is 0 Å². The Morgan fingerprint density at radius 2 is 2.14 bits per heavy atom. The molecule has 6 heteroatoms. The van der Waals surface area contributed by atoms with Crippen LogP contribution < -0.4 is 10.1 Å². The minimum atomic E-state index is -0.856. The summed E-state index contributed by atoms with van der Waals surface area (Å²) in [5.41, 5.74) is 1.00. The Bertz CT molecular complexity index is 505. The van der Waals surface area contributed by atoms with Crippen LogP contribution in [0.3, 0.4) is 0 Å². The normalized spacial score (nSPS) is 11.6. The Labute approximate surface area is 131 Å². The molecule has 0 saturated heterocycles. The Balaban J connectivity index is 2.64. The van der Waals surface area contributed by atoms with Crippen molar-refractivity contribution < 1.29 is 19.4 Å². The SMILES string of the molecule is CCC(c1cccc(OC)c1)N(C)C(=O)NCCCC(=O)O. The highest BCUT2D eigenvalue weighted by Gasteiger charge is 2.20. The van der Waals surface area contributed by atoms with Crippen molar-refractivity contribution in [3.63, 3.8) is 0 Å². The van der Waals surface area contributed by atoms with Gasteiger partial charge in [0.05, 0.1) is 13.2 Å². The number of carbonyl (C=O) groups is 2. The molecule has 1 atom stereocenters. The van der Waals surface area contributed by atoms with Gasteiger partial charge in [-0.15, -0.1) is 0 Å². The third kappa shape index (κ3) is 5.27. The van der Waals surface area contributed by atoms with E-state index in [9.17, 15) is 9.59 Å². The van der Waals surface area contributed by atoms with Gasteiger partial charge in [-0.25, -0.2) is 4.79 Å². The van der Waals surface area contributed by atoms with E-state index in [1.807, 2.05) is 31.2 Å². The second-order valence-corrected chi connectivity index (χ2v) is 5.04. The first-order chi connectivity index (χ1) is 10.5. The lowest BCUT2D eigenvalue weighted by atomic mass is 10.0. The third-order valence-electron chi connectivity index (χ3n) is 3.50. The number of methoxy groups -OCH3 is 1. The lowest BCUT2D eigenvalue weighted by Gasteiger charge is -2.28. The maximum absolute atomic E-state index is 12.2. The quantitative estimate of drug-likeness (QED) is 0.724. The first-order valence-electron chi connectivity index (χ1n) is 7.36. The predicted molar refractivity (Wildman–Crippen MR) is 84.1 cm³/mol. The highest BCUT2D eigenvalue weighted by atomic mass is 16.5. The molecule has 0 spiro atoms. The number of aliphatic carboxylic acids is 1. The maximum Gasteiger partial charge on any atom is 0.317 e. The van der Waals surface area contributed by atoms with Crippen LogP contribution in [0.25, 0.3) is 0 Å². The standard InChI is InChI=1S/C16H24N2O4/c1-4-14(12-7-5-8-13(11-12)22-3)18(2)16(21)17-10-6-9-15(19)20/h5,7-8,11,14H,4,6,9-10H2,1-3H3,(H,17,21)(H,19,20). The molecule has 2 N–H and O–H groups in total. The molecule has 0 aromatic heterocycles. The fourth-order valence-corrected chi connectivity index (χ4v) is 2.28. The Kier molecular flexibility index (Phi) is 7.22. The summed E-state index contributed by atoms with van der Waals surface area (Å²) in [6.07, 6.45) is 1.24. The molecule has 0 aliphatic heterocycles.